The summed E-state index contributed by atoms with van der Waals surface area (Å²) in [6.45, 7) is 4.30. The minimum atomic E-state index is -1.10. The summed E-state index contributed by atoms with van der Waals surface area (Å²) in [5.74, 6) is 0.0251. The van der Waals surface area contributed by atoms with Gasteiger partial charge in [0.25, 0.3) is 0 Å². The number of fused-ring (bicyclic) bond motifs is 1. The lowest BCUT2D eigenvalue weighted by molar-refractivity contribution is -0.144. The number of benzene rings is 2. The Morgan fingerprint density at radius 3 is 2.38 bits per heavy atom. The first kappa shape index (κ1) is 30.6. The molecular weight excluding hydrogens is 512 g/mol. The molecule has 2 aliphatic rings. The van der Waals surface area contributed by atoms with Gasteiger partial charge in [-0.15, -0.1) is 0 Å². The highest BCUT2D eigenvalue weighted by Gasteiger charge is 2.41. The van der Waals surface area contributed by atoms with Crippen LogP contribution in [-0.2, 0) is 14.4 Å². The average molecular weight is 553 g/mol. The highest BCUT2D eigenvalue weighted by atomic mass is 16.5. The van der Waals surface area contributed by atoms with Crippen molar-refractivity contribution in [1.82, 2.24) is 20.9 Å². The molecule has 1 aliphatic heterocycles. The zero-order valence-corrected chi connectivity index (χ0v) is 23.3. The number of hydrogen-bond acceptors (Lipinski definition) is 7. The zero-order chi connectivity index (χ0) is 29.1. The number of aliphatic hydroxyl groups excluding tert-OH is 1. The van der Waals surface area contributed by atoms with Crippen LogP contribution < -0.4 is 20.7 Å². The molecule has 4 rings (SSSR count). The summed E-state index contributed by atoms with van der Waals surface area (Å²) in [4.78, 5) is 39.2. The van der Waals surface area contributed by atoms with Crippen molar-refractivity contribution in [3.05, 3.63) is 65.7 Å². The number of carbonyl (C=O) groups excluding carboxylic acids is 3. The van der Waals surface area contributed by atoms with Gasteiger partial charge < -0.3 is 35.8 Å². The van der Waals surface area contributed by atoms with Gasteiger partial charge in [-0.3, -0.25) is 14.4 Å². The first-order chi connectivity index (χ1) is 19.2. The fourth-order valence-electron chi connectivity index (χ4n) is 4.32. The summed E-state index contributed by atoms with van der Waals surface area (Å²) in [6.07, 6.45) is 4.42. The largest absolute Gasteiger partial charge is 0.508 e. The second kappa shape index (κ2) is 15.0. The molecule has 10 heteroatoms. The fourth-order valence-corrected chi connectivity index (χ4v) is 4.32. The predicted octanol–water partition coefficient (Wildman–Crippen LogP) is 1.60. The van der Waals surface area contributed by atoms with Crippen LogP contribution in [0.1, 0.15) is 30.9 Å². The van der Waals surface area contributed by atoms with E-state index in [2.05, 4.69) is 16.0 Å². The van der Waals surface area contributed by atoms with E-state index in [-0.39, 0.29) is 30.8 Å². The molecule has 2 aromatic carbocycles. The smallest absolute Gasteiger partial charge is 0.245 e. The number of rotatable bonds is 2. The molecule has 3 unspecified atom stereocenters. The van der Waals surface area contributed by atoms with E-state index < -0.39 is 24.1 Å². The van der Waals surface area contributed by atoms with Crippen molar-refractivity contribution in [2.45, 2.75) is 44.9 Å². The number of likely N-dealkylation sites (N-methyl/N-ethyl adjacent to an activating group) is 1. The van der Waals surface area contributed by atoms with Crippen molar-refractivity contribution >= 4 is 23.8 Å². The van der Waals surface area contributed by atoms with Gasteiger partial charge in [0.1, 0.15) is 24.1 Å². The number of nitrogens with zero attached hydrogens (tertiary/aromatic N) is 1. The van der Waals surface area contributed by atoms with Crippen LogP contribution in [0.4, 0.5) is 0 Å². The number of amides is 3. The molecule has 1 aliphatic carbocycles. The van der Waals surface area contributed by atoms with Gasteiger partial charge in [0.2, 0.25) is 17.7 Å². The Morgan fingerprint density at radius 2 is 1.73 bits per heavy atom. The highest BCUT2D eigenvalue weighted by molar-refractivity contribution is 5.92. The Balaban J connectivity index is 0.000000472. The molecule has 10 nitrogen and oxygen atoms in total. The normalized spacial score (nSPS) is 22.6. The number of para-hydroxylation sites is 1. The second-order valence-corrected chi connectivity index (χ2v) is 10.0. The minimum absolute atomic E-state index is 0.189. The van der Waals surface area contributed by atoms with Crippen LogP contribution in [0.15, 0.2) is 54.6 Å². The van der Waals surface area contributed by atoms with E-state index >= 15 is 0 Å². The number of hydrogen-bond donors (Lipinski definition) is 5. The van der Waals surface area contributed by atoms with Gasteiger partial charge in [0, 0.05) is 25.7 Å². The second-order valence-electron chi connectivity index (χ2n) is 10.0. The summed E-state index contributed by atoms with van der Waals surface area (Å²) in [5, 5.41) is 27.4. The van der Waals surface area contributed by atoms with Crippen LogP contribution in [0.3, 0.4) is 0 Å². The van der Waals surface area contributed by atoms with Gasteiger partial charge in [-0.2, -0.15) is 0 Å². The molecule has 0 bridgehead atoms. The van der Waals surface area contributed by atoms with Crippen LogP contribution in [0, 0.1) is 12.8 Å². The molecule has 1 saturated carbocycles. The molecule has 2 aromatic rings. The lowest BCUT2D eigenvalue weighted by Crippen LogP contribution is -2.58. The number of phenols is 1. The van der Waals surface area contributed by atoms with Crippen molar-refractivity contribution in [3.63, 3.8) is 0 Å². The Kier molecular flexibility index (Phi) is 11.5. The van der Waals surface area contributed by atoms with Crippen molar-refractivity contribution in [1.29, 1.82) is 0 Å². The average Bonchev–Trinajstić information content (AvgIpc) is 3.77. The van der Waals surface area contributed by atoms with Gasteiger partial charge in [0.05, 0.1) is 18.7 Å². The van der Waals surface area contributed by atoms with Gasteiger partial charge >= 0.3 is 0 Å². The van der Waals surface area contributed by atoms with Gasteiger partial charge in [-0.1, -0.05) is 48.0 Å². The predicted molar refractivity (Wildman–Crippen MR) is 153 cm³/mol. The molecule has 0 aromatic heterocycles. The van der Waals surface area contributed by atoms with Crippen LogP contribution >= 0.6 is 0 Å². The monoisotopic (exact) mass is 552 g/mol. The third-order valence-corrected chi connectivity index (χ3v) is 6.66. The van der Waals surface area contributed by atoms with Gasteiger partial charge in [0.15, 0.2) is 0 Å². The van der Waals surface area contributed by atoms with E-state index in [4.69, 9.17) is 9.84 Å². The van der Waals surface area contributed by atoms with E-state index in [1.807, 2.05) is 49.4 Å². The van der Waals surface area contributed by atoms with E-state index in [1.54, 1.807) is 18.2 Å². The number of ether oxygens (including phenoxy) is 1. The van der Waals surface area contributed by atoms with Crippen molar-refractivity contribution in [2.75, 3.05) is 33.3 Å². The molecule has 3 amide bonds. The molecule has 216 valence electrons. The van der Waals surface area contributed by atoms with E-state index in [1.165, 1.54) is 24.4 Å². The Bertz CT molecular complexity index is 1140. The molecule has 5 N–H and O–H groups in total. The van der Waals surface area contributed by atoms with Crippen molar-refractivity contribution in [3.8, 4) is 11.5 Å². The summed E-state index contributed by atoms with van der Waals surface area (Å²) >= 11 is 0. The maximum Gasteiger partial charge on any atom is 0.245 e. The standard InChI is InChI=1S/C23H32N4O5.C7H8O/c1-15(28)21-22(30)26-14-19(29)24-11-5-7-16-6-3-4-8-18(16)32-13-12-25-20(17-9-10-17)23(31)27(21)2;1-6-2-4-7(8)5-3-6/h3-8,15,17,20-21,25,28H,9-14H2,1-2H3,(H,24,29)(H,26,30);2-5,8H,1H3/b7-5+;. The SMILES string of the molecule is CC(O)C1C(=O)NCC(=O)NC/C=C/c2ccccc2OCCNC(C2CC2)C(=O)N1C.Cc1ccc(O)cc1. The van der Waals surface area contributed by atoms with Crippen LogP contribution in [0.25, 0.3) is 6.08 Å². The molecule has 1 heterocycles. The summed E-state index contributed by atoms with van der Waals surface area (Å²) in [5.41, 5.74) is 2.05. The third-order valence-electron chi connectivity index (χ3n) is 6.66. The first-order valence-corrected chi connectivity index (χ1v) is 13.5. The topological polar surface area (TPSA) is 140 Å². The molecule has 3 atom stereocenters. The van der Waals surface area contributed by atoms with E-state index in [9.17, 15) is 19.5 Å². The van der Waals surface area contributed by atoms with E-state index in [0.717, 1.165) is 18.4 Å². The Labute approximate surface area is 235 Å². The van der Waals surface area contributed by atoms with Crippen LogP contribution in [0.2, 0.25) is 0 Å². The molecule has 40 heavy (non-hydrogen) atoms. The number of aliphatic hydroxyl groups is 1. The first-order valence-electron chi connectivity index (χ1n) is 13.5. The molecule has 0 saturated heterocycles. The molecule has 0 spiro atoms. The number of phenolic OH excluding ortho intramolecular Hbond substituents is 1. The quantitative estimate of drug-likeness (QED) is 0.381. The van der Waals surface area contributed by atoms with Crippen LogP contribution in [-0.4, -0.2) is 84.3 Å². The maximum atomic E-state index is 13.2. The lowest BCUT2D eigenvalue weighted by Gasteiger charge is -2.32. The molecule has 1 fully saturated rings. The van der Waals surface area contributed by atoms with Crippen LogP contribution in [0.5, 0.6) is 11.5 Å². The number of aromatic hydroxyl groups is 1. The maximum absolute atomic E-state index is 13.2. The number of carbonyl (C=O) groups is 3. The zero-order valence-electron chi connectivity index (χ0n) is 23.3. The number of nitrogens with one attached hydrogen (secondary N) is 3. The third kappa shape index (κ3) is 9.39. The highest BCUT2D eigenvalue weighted by Crippen LogP contribution is 2.33. The summed E-state index contributed by atoms with van der Waals surface area (Å²) < 4.78 is 5.91. The van der Waals surface area contributed by atoms with E-state index in [0.29, 0.717) is 24.7 Å². The molecular formula is C30H40N4O6. The molecule has 0 radical (unpaired) electrons. The Morgan fingerprint density at radius 1 is 1.02 bits per heavy atom. The Hall–Kier alpha value is -3.89. The number of aryl methyl sites for hydroxylation is 1. The van der Waals surface area contributed by atoms with Gasteiger partial charge in [-0.25, -0.2) is 0 Å². The summed E-state index contributed by atoms with van der Waals surface area (Å²) in [6, 6.07) is 13.1. The lowest BCUT2D eigenvalue weighted by atomic mass is 10.1. The van der Waals surface area contributed by atoms with Crippen molar-refractivity contribution < 1.29 is 29.3 Å². The van der Waals surface area contributed by atoms with Gasteiger partial charge in [-0.05, 0) is 50.8 Å². The minimum Gasteiger partial charge on any atom is -0.508 e. The van der Waals surface area contributed by atoms with Crippen molar-refractivity contribution in [2.24, 2.45) is 5.92 Å². The summed E-state index contributed by atoms with van der Waals surface area (Å²) in [7, 11) is 1.51. The fraction of sp³-hybridized carbons (Fsp3) is 0.433.